The Bertz CT molecular complexity index is 157. The molecular formula is C14H29NO. The Kier molecular flexibility index (Phi) is 12.4. The van der Waals surface area contributed by atoms with Crippen LogP contribution >= 0.6 is 0 Å². The molecule has 0 spiro atoms. The van der Waals surface area contributed by atoms with Crippen molar-refractivity contribution in [3.63, 3.8) is 0 Å². The van der Waals surface area contributed by atoms with Gasteiger partial charge in [0, 0.05) is 6.42 Å². The van der Waals surface area contributed by atoms with Gasteiger partial charge in [0.05, 0.1) is 0 Å². The van der Waals surface area contributed by atoms with Crippen molar-refractivity contribution >= 4 is 5.78 Å². The molecule has 0 aliphatic carbocycles. The summed E-state index contributed by atoms with van der Waals surface area (Å²) in [6.07, 6.45) is 11.2. The third kappa shape index (κ3) is 13.6. The lowest BCUT2D eigenvalue weighted by molar-refractivity contribution is -0.117. The number of carbonyl (C=O) groups is 1. The largest absolute Gasteiger partial charge is 0.317 e. The van der Waals surface area contributed by atoms with Crippen molar-refractivity contribution in [3.8, 4) is 0 Å². The molecule has 0 aromatic carbocycles. The molecule has 0 aliphatic heterocycles. The number of rotatable bonds is 12. The number of ketones is 1. The van der Waals surface area contributed by atoms with Crippen LogP contribution in [-0.2, 0) is 4.79 Å². The molecule has 0 bridgehead atoms. The Labute approximate surface area is 101 Å². The second-order valence-corrected chi connectivity index (χ2v) is 4.63. The van der Waals surface area contributed by atoms with E-state index in [1.165, 1.54) is 51.5 Å². The molecule has 0 aromatic heterocycles. The van der Waals surface area contributed by atoms with Crippen LogP contribution in [0.25, 0.3) is 0 Å². The Morgan fingerprint density at radius 2 is 1.38 bits per heavy atom. The summed E-state index contributed by atoms with van der Waals surface area (Å²) in [6, 6.07) is 0. The lowest BCUT2D eigenvalue weighted by Gasteiger charge is -2.02. The first-order valence-electron chi connectivity index (χ1n) is 6.97. The van der Waals surface area contributed by atoms with Gasteiger partial charge in [0.2, 0.25) is 0 Å². The minimum atomic E-state index is 0.337. The number of nitrogens with one attached hydrogen (secondary N) is 1. The van der Waals surface area contributed by atoms with Gasteiger partial charge in [-0.2, -0.15) is 0 Å². The van der Waals surface area contributed by atoms with Crippen molar-refractivity contribution in [1.29, 1.82) is 0 Å². The molecule has 16 heavy (non-hydrogen) atoms. The fourth-order valence-electron chi connectivity index (χ4n) is 1.86. The molecule has 0 rings (SSSR count). The van der Waals surface area contributed by atoms with Crippen molar-refractivity contribution in [3.05, 3.63) is 0 Å². The summed E-state index contributed by atoms with van der Waals surface area (Å²) in [5, 5.41) is 3.35. The smallest absolute Gasteiger partial charge is 0.129 e. The van der Waals surface area contributed by atoms with Crippen LogP contribution in [-0.4, -0.2) is 18.9 Å². The second kappa shape index (κ2) is 12.7. The zero-order chi connectivity index (χ0) is 12.1. The number of carbonyl (C=O) groups excluding carboxylic acids is 1. The summed E-state index contributed by atoms with van der Waals surface area (Å²) in [7, 11) is 0. The molecule has 0 aliphatic rings. The zero-order valence-electron chi connectivity index (χ0n) is 11.2. The molecule has 0 saturated heterocycles. The molecule has 0 aromatic rings. The average molecular weight is 227 g/mol. The van der Waals surface area contributed by atoms with Crippen molar-refractivity contribution in [1.82, 2.24) is 5.32 Å². The maximum Gasteiger partial charge on any atom is 0.129 e. The van der Waals surface area contributed by atoms with Gasteiger partial charge in [0.15, 0.2) is 0 Å². The van der Waals surface area contributed by atoms with Crippen LogP contribution in [0.1, 0.15) is 71.6 Å². The van der Waals surface area contributed by atoms with Crippen molar-refractivity contribution < 1.29 is 4.79 Å². The van der Waals surface area contributed by atoms with Crippen LogP contribution in [0.5, 0.6) is 0 Å². The zero-order valence-corrected chi connectivity index (χ0v) is 11.2. The fourth-order valence-corrected chi connectivity index (χ4v) is 1.86. The molecule has 0 amide bonds. The van der Waals surface area contributed by atoms with Crippen LogP contribution in [0.4, 0.5) is 0 Å². The molecule has 2 heteroatoms. The van der Waals surface area contributed by atoms with E-state index < -0.39 is 0 Å². The number of hydrogen-bond donors (Lipinski definition) is 1. The van der Waals surface area contributed by atoms with Gasteiger partial charge in [0.25, 0.3) is 0 Å². The predicted octanol–water partition coefficient (Wildman–Crippen LogP) is 3.70. The molecule has 0 heterocycles. The number of unbranched alkanes of at least 4 members (excludes halogenated alkanes) is 7. The van der Waals surface area contributed by atoms with E-state index in [2.05, 4.69) is 12.2 Å². The van der Waals surface area contributed by atoms with Gasteiger partial charge in [0.1, 0.15) is 5.78 Å². The molecule has 0 saturated carbocycles. The fraction of sp³-hybridized carbons (Fsp3) is 0.929. The highest BCUT2D eigenvalue weighted by atomic mass is 16.1. The van der Waals surface area contributed by atoms with E-state index in [0.29, 0.717) is 5.78 Å². The highest BCUT2D eigenvalue weighted by molar-refractivity contribution is 5.75. The Hall–Kier alpha value is -0.370. The monoisotopic (exact) mass is 227 g/mol. The molecular weight excluding hydrogens is 198 g/mol. The molecule has 0 atom stereocenters. The first-order valence-corrected chi connectivity index (χ1v) is 6.97. The van der Waals surface area contributed by atoms with Gasteiger partial charge in [-0.25, -0.2) is 0 Å². The molecule has 96 valence electrons. The summed E-state index contributed by atoms with van der Waals surface area (Å²) in [5.41, 5.74) is 0. The molecule has 2 nitrogen and oxygen atoms in total. The maximum atomic E-state index is 10.7. The van der Waals surface area contributed by atoms with Gasteiger partial charge in [-0.1, -0.05) is 45.4 Å². The summed E-state index contributed by atoms with van der Waals surface area (Å²) in [6.45, 7) is 6.11. The average Bonchev–Trinajstić information content (AvgIpc) is 2.25. The van der Waals surface area contributed by atoms with Gasteiger partial charge in [-0.15, -0.1) is 0 Å². The van der Waals surface area contributed by atoms with Crippen LogP contribution in [0, 0.1) is 0 Å². The summed E-state index contributed by atoms with van der Waals surface area (Å²) in [4.78, 5) is 10.7. The van der Waals surface area contributed by atoms with E-state index in [1.807, 2.05) is 0 Å². The maximum absolute atomic E-state index is 10.7. The minimum Gasteiger partial charge on any atom is -0.317 e. The SMILES string of the molecule is CCNCCCCCCCCCCC(C)=O. The molecule has 0 unspecified atom stereocenters. The molecule has 1 N–H and O–H groups in total. The van der Waals surface area contributed by atoms with Crippen LogP contribution in [0.15, 0.2) is 0 Å². The summed E-state index contributed by atoms with van der Waals surface area (Å²) < 4.78 is 0. The quantitative estimate of drug-likeness (QED) is 0.515. The normalized spacial score (nSPS) is 10.6. The van der Waals surface area contributed by atoms with Crippen LogP contribution in [0.3, 0.4) is 0 Å². The number of Topliss-reactive ketones (excluding diaryl/α,β-unsaturated/α-hetero) is 1. The Morgan fingerprint density at radius 3 is 1.88 bits per heavy atom. The molecule has 0 radical (unpaired) electrons. The highest BCUT2D eigenvalue weighted by Crippen LogP contribution is 2.09. The van der Waals surface area contributed by atoms with Gasteiger partial charge in [-0.05, 0) is 32.9 Å². The topological polar surface area (TPSA) is 29.1 Å². The van der Waals surface area contributed by atoms with Crippen molar-refractivity contribution in [2.75, 3.05) is 13.1 Å². The first-order chi connectivity index (χ1) is 7.77. The molecule has 0 fully saturated rings. The van der Waals surface area contributed by atoms with E-state index in [9.17, 15) is 4.79 Å². The first kappa shape index (κ1) is 15.6. The van der Waals surface area contributed by atoms with E-state index in [-0.39, 0.29) is 0 Å². The minimum absolute atomic E-state index is 0.337. The predicted molar refractivity (Wildman–Crippen MR) is 70.8 cm³/mol. The Morgan fingerprint density at radius 1 is 0.875 bits per heavy atom. The van der Waals surface area contributed by atoms with Gasteiger partial charge < -0.3 is 10.1 Å². The standard InChI is InChI=1S/C14H29NO/c1-3-15-13-11-9-7-5-4-6-8-10-12-14(2)16/h15H,3-13H2,1-2H3. The number of hydrogen-bond acceptors (Lipinski definition) is 2. The lowest BCUT2D eigenvalue weighted by Crippen LogP contribution is -2.13. The lowest BCUT2D eigenvalue weighted by atomic mass is 10.1. The third-order valence-corrected chi connectivity index (χ3v) is 2.88. The van der Waals surface area contributed by atoms with Crippen molar-refractivity contribution in [2.24, 2.45) is 0 Å². The highest BCUT2D eigenvalue weighted by Gasteiger charge is 1.94. The third-order valence-electron chi connectivity index (χ3n) is 2.88. The summed E-state index contributed by atoms with van der Waals surface area (Å²) in [5.74, 6) is 0.337. The van der Waals surface area contributed by atoms with Crippen LogP contribution in [0.2, 0.25) is 0 Å². The second-order valence-electron chi connectivity index (χ2n) is 4.63. The van der Waals surface area contributed by atoms with E-state index >= 15 is 0 Å². The van der Waals surface area contributed by atoms with E-state index in [0.717, 1.165) is 19.4 Å². The van der Waals surface area contributed by atoms with Crippen LogP contribution < -0.4 is 5.32 Å². The Balaban J connectivity index is 2.90. The summed E-state index contributed by atoms with van der Waals surface area (Å²) >= 11 is 0. The van der Waals surface area contributed by atoms with E-state index in [1.54, 1.807) is 6.92 Å². The van der Waals surface area contributed by atoms with Crippen molar-refractivity contribution in [2.45, 2.75) is 71.6 Å². The van der Waals surface area contributed by atoms with Gasteiger partial charge >= 0.3 is 0 Å². The van der Waals surface area contributed by atoms with Gasteiger partial charge in [-0.3, -0.25) is 0 Å². The van der Waals surface area contributed by atoms with E-state index in [4.69, 9.17) is 0 Å².